The van der Waals surface area contributed by atoms with E-state index in [1.807, 2.05) is 34.6 Å². The Kier molecular flexibility index (Phi) is 6.77. The number of aliphatic hydroxyl groups excluding tert-OH is 1. The quantitative estimate of drug-likeness (QED) is 0.755. The van der Waals surface area contributed by atoms with Gasteiger partial charge in [0.25, 0.3) is 0 Å². The Labute approximate surface area is 132 Å². The minimum absolute atomic E-state index is 0.112. The summed E-state index contributed by atoms with van der Waals surface area (Å²) in [6.45, 7) is 8.97. The predicted molar refractivity (Wildman–Crippen MR) is 82.0 cm³/mol. The van der Waals surface area contributed by atoms with Crippen LogP contribution in [0.15, 0.2) is 0 Å². The first-order chi connectivity index (χ1) is 10.1. The van der Waals surface area contributed by atoms with Crippen molar-refractivity contribution in [2.75, 3.05) is 6.67 Å². The van der Waals surface area contributed by atoms with Crippen LogP contribution < -0.4 is 5.73 Å². The summed E-state index contributed by atoms with van der Waals surface area (Å²) in [6, 6.07) is -0.730. The smallest absolute Gasteiger partial charge is 0.323 e. The van der Waals surface area contributed by atoms with Crippen molar-refractivity contribution >= 4 is 5.97 Å². The molecule has 0 aromatic heterocycles. The summed E-state index contributed by atoms with van der Waals surface area (Å²) >= 11 is 0. The zero-order valence-electron chi connectivity index (χ0n) is 14.2. The number of alkyl halides is 1. The molecule has 0 amide bonds. The molecule has 1 aliphatic heterocycles. The first kappa shape index (κ1) is 19.3. The van der Waals surface area contributed by atoms with E-state index < -0.39 is 48.5 Å². The van der Waals surface area contributed by atoms with E-state index in [0.29, 0.717) is 6.42 Å². The molecule has 1 heterocycles. The van der Waals surface area contributed by atoms with Gasteiger partial charge in [0.05, 0.1) is 12.2 Å². The average molecular weight is 319 g/mol. The fourth-order valence-corrected chi connectivity index (χ4v) is 2.71. The molecule has 0 aliphatic carbocycles. The lowest BCUT2D eigenvalue weighted by molar-refractivity contribution is -0.219. The first-order valence-electron chi connectivity index (χ1n) is 7.91. The summed E-state index contributed by atoms with van der Waals surface area (Å²) < 4.78 is 24.0. The van der Waals surface area contributed by atoms with E-state index >= 15 is 0 Å². The minimum Gasteiger partial charge on any atom is -0.456 e. The summed E-state index contributed by atoms with van der Waals surface area (Å²) in [7, 11) is 0. The maximum atomic E-state index is 12.9. The summed E-state index contributed by atoms with van der Waals surface area (Å²) in [5.74, 6) is -0.279. The third kappa shape index (κ3) is 5.18. The predicted octanol–water partition coefficient (Wildman–Crippen LogP) is 1.81. The van der Waals surface area contributed by atoms with Gasteiger partial charge in [0.2, 0.25) is 0 Å². The summed E-state index contributed by atoms with van der Waals surface area (Å²) in [5, 5.41) is 10.3. The van der Waals surface area contributed by atoms with E-state index in [2.05, 4.69) is 0 Å². The third-order valence-electron chi connectivity index (χ3n) is 3.83. The number of carbonyl (C=O) groups excluding carboxylic acids is 1. The van der Waals surface area contributed by atoms with Crippen molar-refractivity contribution < 1.29 is 23.8 Å². The molecule has 3 N–H and O–H groups in total. The van der Waals surface area contributed by atoms with Crippen molar-refractivity contribution in [2.24, 2.45) is 17.1 Å². The van der Waals surface area contributed by atoms with Gasteiger partial charge in [-0.15, -0.1) is 0 Å². The number of nitrogens with two attached hydrogens (primary N) is 1. The molecule has 6 heteroatoms. The van der Waals surface area contributed by atoms with E-state index in [1.54, 1.807) is 0 Å². The molecule has 0 unspecified atom stereocenters. The van der Waals surface area contributed by atoms with Crippen molar-refractivity contribution in [1.29, 1.82) is 0 Å². The molecule has 0 radical (unpaired) electrons. The largest absolute Gasteiger partial charge is 0.456 e. The van der Waals surface area contributed by atoms with Gasteiger partial charge in [0.15, 0.2) is 6.10 Å². The van der Waals surface area contributed by atoms with Crippen LogP contribution in [0.5, 0.6) is 0 Å². The Balaban J connectivity index is 2.82. The number of esters is 1. The molecule has 0 aromatic carbocycles. The first-order valence-corrected chi connectivity index (χ1v) is 7.91. The monoisotopic (exact) mass is 319 g/mol. The molecule has 1 aliphatic rings. The lowest BCUT2D eigenvalue weighted by Gasteiger charge is -2.44. The molecule has 1 fully saturated rings. The fraction of sp³-hybridized carbons (Fsp3) is 0.938. The normalized spacial score (nSPS) is 31.1. The van der Waals surface area contributed by atoms with Crippen molar-refractivity contribution in [1.82, 2.24) is 0 Å². The van der Waals surface area contributed by atoms with Crippen LogP contribution in [0, 0.1) is 11.3 Å². The summed E-state index contributed by atoms with van der Waals surface area (Å²) in [6.07, 6.45) is -2.40. The Morgan fingerprint density at radius 1 is 1.45 bits per heavy atom. The minimum atomic E-state index is -0.950. The highest BCUT2D eigenvalue weighted by molar-refractivity contribution is 5.75. The van der Waals surface area contributed by atoms with Crippen LogP contribution in [0.1, 0.15) is 47.5 Å². The molecule has 0 bridgehead atoms. The van der Waals surface area contributed by atoms with E-state index in [1.165, 1.54) is 0 Å². The zero-order valence-corrected chi connectivity index (χ0v) is 14.2. The molecule has 0 aromatic rings. The number of rotatable bonds is 5. The molecule has 1 rings (SSSR count). The van der Waals surface area contributed by atoms with E-state index in [9.17, 15) is 14.3 Å². The van der Waals surface area contributed by atoms with Crippen LogP contribution in [-0.2, 0) is 14.3 Å². The van der Waals surface area contributed by atoms with Crippen molar-refractivity contribution in [3.05, 3.63) is 0 Å². The molecule has 5 atom stereocenters. The molecule has 130 valence electrons. The number of ether oxygens (including phenoxy) is 2. The topological polar surface area (TPSA) is 81.8 Å². The second-order valence-corrected chi connectivity index (χ2v) is 7.64. The lowest BCUT2D eigenvalue weighted by atomic mass is 9.81. The van der Waals surface area contributed by atoms with Crippen molar-refractivity contribution in [3.63, 3.8) is 0 Å². The van der Waals surface area contributed by atoms with E-state index in [4.69, 9.17) is 15.2 Å². The Morgan fingerprint density at radius 3 is 2.50 bits per heavy atom. The molecule has 1 saturated heterocycles. The maximum absolute atomic E-state index is 12.9. The van der Waals surface area contributed by atoms with Gasteiger partial charge in [0.1, 0.15) is 18.8 Å². The van der Waals surface area contributed by atoms with Crippen molar-refractivity contribution in [2.45, 2.75) is 77.9 Å². The molecule has 22 heavy (non-hydrogen) atoms. The summed E-state index contributed by atoms with van der Waals surface area (Å²) in [4.78, 5) is 12.1. The van der Waals surface area contributed by atoms with Crippen molar-refractivity contribution in [3.8, 4) is 0 Å². The molecule has 0 saturated carbocycles. The second kappa shape index (κ2) is 7.70. The van der Waals surface area contributed by atoms with Crippen LogP contribution in [0.3, 0.4) is 0 Å². The highest BCUT2D eigenvalue weighted by Gasteiger charge is 2.46. The molecule has 0 spiro atoms. The highest BCUT2D eigenvalue weighted by atomic mass is 19.1. The van der Waals surface area contributed by atoms with Crippen LogP contribution >= 0.6 is 0 Å². The third-order valence-corrected chi connectivity index (χ3v) is 3.83. The Hall–Kier alpha value is -0.720. The zero-order chi connectivity index (χ0) is 17.1. The average Bonchev–Trinajstić information content (AvgIpc) is 2.38. The van der Waals surface area contributed by atoms with E-state index in [-0.39, 0.29) is 12.3 Å². The SMILES string of the molecule is CC(C)C[C@@H](N)C(=O)O[C@H]1[C@H](C(C)(C)C)O[C@H](CF)C[C@@H]1O. The Bertz CT molecular complexity index is 370. The standard InChI is InChI=1S/C16H30FNO4/c1-9(2)6-11(18)15(20)22-13-12(19)7-10(8-17)21-14(13)16(3,4)5/h9-14,19H,6-8,18H2,1-5H3/t10-,11+,12-,13+,14+/m0/s1. The van der Waals surface area contributed by atoms with Gasteiger partial charge in [-0.05, 0) is 17.8 Å². The lowest BCUT2D eigenvalue weighted by Crippen LogP contribution is -2.56. The number of carbonyl (C=O) groups is 1. The number of aliphatic hydroxyl groups is 1. The van der Waals surface area contributed by atoms with Crippen LogP contribution in [0.4, 0.5) is 4.39 Å². The maximum Gasteiger partial charge on any atom is 0.323 e. The fourth-order valence-electron chi connectivity index (χ4n) is 2.71. The van der Waals surface area contributed by atoms with Gasteiger partial charge < -0.3 is 20.3 Å². The van der Waals surface area contributed by atoms with Gasteiger partial charge in [-0.2, -0.15) is 0 Å². The summed E-state index contributed by atoms with van der Waals surface area (Å²) in [5.41, 5.74) is 5.43. The van der Waals surface area contributed by atoms with Crippen LogP contribution in [0.25, 0.3) is 0 Å². The van der Waals surface area contributed by atoms with Gasteiger partial charge >= 0.3 is 5.97 Å². The van der Waals surface area contributed by atoms with Gasteiger partial charge in [-0.1, -0.05) is 34.6 Å². The number of halogens is 1. The number of hydrogen-bond donors (Lipinski definition) is 2. The second-order valence-electron chi connectivity index (χ2n) is 7.64. The molecular formula is C16H30FNO4. The van der Waals surface area contributed by atoms with Gasteiger partial charge in [0, 0.05) is 6.42 Å². The van der Waals surface area contributed by atoms with Gasteiger partial charge in [-0.25, -0.2) is 4.39 Å². The highest BCUT2D eigenvalue weighted by Crippen LogP contribution is 2.34. The molecule has 5 nitrogen and oxygen atoms in total. The number of hydrogen-bond acceptors (Lipinski definition) is 5. The van der Waals surface area contributed by atoms with Crippen LogP contribution in [0.2, 0.25) is 0 Å². The Morgan fingerprint density at radius 2 is 2.05 bits per heavy atom. The van der Waals surface area contributed by atoms with Gasteiger partial charge in [-0.3, -0.25) is 4.79 Å². The van der Waals surface area contributed by atoms with Crippen LogP contribution in [-0.4, -0.2) is 48.2 Å². The molecular weight excluding hydrogens is 289 g/mol. The van der Waals surface area contributed by atoms with E-state index in [0.717, 1.165) is 0 Å².